The largest absolute Gasteiger partial charge is 0.485 e. The predicted octanol–water partition coefficient (Wildman–Crippen LogP) is 2.50. The fourth-order valence-corrected chi connectivity index (χ4v) is 3.91. The maximum Gasteiger partial charge on any atom is 0.126 e. The minimum atomic E-state index is -0.378. The average molecular weight is 259 g/mol. The summed E-state index contributed by atoms with van der Waals surface area (Å²) in [5.41, 5.74) is 0.779. The van der Waals surface area contributed by atoms with E-state index in [4.69, 9.17) is 4.74 Å². The summed E-state index contributed by atoms with van der Waals surface area (Å²) in [6.45, 7) is 3.27. The molecule has 0 aromatic heterocycles. The molecule has 19 heavy (non-hydrogen) atoms. The third-order valence-corrected chi connectivity index (χ3v) is 4.89. The van der Waals surface area contributed by atoms with Crippen LogP contribution in [0.25, 0.3) is 0 Å². The molecule has 0 amide bonds. The van der Waals surface area contributed by atoms with Crippen molar-refractivity contribution in [1.82, 2.24) is 4.90 Å². The number of hydrogen-bond donors (Lipinski definition) is 1. The van der Waals surface area contributed by atoms with E-state index < -0.39 is 0 Å². The van der Waals surface area contributed by atoms with Gasteiger partial charge in [-0.1, -0.05) is 18.2 Å². The number of likely N-dealkylation sites (tertiary alicyclic amines) is 1. The van der Waals surface area contributed by atoms with Gasteiger partial charge in [-0.3, -0.25) is 4.90 Å². The van der Waals surface area contributed by atoms with Crippen LogP contribution in [0.2, 0.25) is 0 Å². The van der Waals surface area contributed by atoms with Gasteiger partial charge >= 0.3 is 0 Å². The predicted molar refractivity (Wildman–Crippen MR) is 73.2 cm³/mol. The highest BCUT2D eigenvalue weighted by Crippen LogP contribution is 2.47. The van der Waals surface area contributed by atoms with Crippen LogP contribution >= 0.6 is 0 Å². The van der Waals surface area contributed by atoms with Crippen LogP contribution in [0.15, 0.2) is 24.3 Å². The summed E-state index contributed by atoms with van der Waals surface area (Å²) in [5.74, 6) is 0.881. The van der Waals surface area contributed by atoms with Gasteiger partial charge in [0.1, 0.15) is 11.4 Å². The Kier molecular flexibility index (Phi) is 2.45. The van der Waals surface area contributed by atoms with Gasteiger partial charge in [0.25, 0.3) is 0 Å². The zero-order valence-corrected chi connectivity index (χ0v) is 11.4. The van der Waals surface area contributed by atoms with E-state index in [9.17, 15) is 5.11 Å². The van der Waals surface area contributed by atoms with Crippen molar-refractivity contribution in [1.29, 1.82) is 0 Å². The van der Waals surface area contributed by atoms with Crippen LogP contribution in [0.3, 0.4) is 0 Å². The summed E-state index contributed by atoms with van der Waals surface area (Å²) in [5, 5.41) is 10.4. The number of hydrogen-bond acceptors (Lipinski definition) is 3. The number of fused-ring (bicyclic) bond motifs is 1. The van der Waals surface area contributed by atoms with Gasteiger partial charge < -0.3 is 9.84 Å². The van der Waals surface area contributed by atoms with E-state index in [1.807, 2.05) is 24.3 Å². The third kappa shape index (κ3) is 1.87. The molecule has 2 heterocycles. The molecular weight excluding hydrogens is 238 g/mol. The molecule has 102 valence electrons. The first kappa shape index (κ1) is 11.7. The highest BCUT2D eigenvalue weighted by atomic mass is 16.5. The van der Waals surface area contributed by atoms with Crippen molar-refractivity contribution < 1.29 is 9.84 Å². The van der Waals surface area contributed by atoms with Gasteiger partial charge in [0.05, 0.1) is 6.10 Å². The normalized spacial score (nSPS) is 38.2. The molecule has 0 radical (unpaired) electrons. The van der Waals surface area contributed by atoms with Crippen molar-refractivity contribution >= 4 is 0 Å². The monoisotopic (exact) mass is 259 g/mol. The van der Waals surface area contributed by atoms with Crippen LogP contribution < -0.4 is 4.74 Å². The minimum Gasteiger partial charge on any atom is -0.485 e. The molecule has 1 N–H and O–H groups in total. The van der Waals surface area contributed by atoms with Crippen LogP contribution in [0.5, 0.6) is 5.75 Å². The molecule has 1 aromatic rings. The van der Waals surface area contributed by atoms with E-state index in [2.05, 4.69) is 11.8 Å². The molecule has 1 saturated carbocycles. The maximum absolute atomic E-state index is 10.4. The van der Waals surface area contributed by atoms with Crippen LogP contribution in [-0.4, -0.2) is 34.2 Å². The smallest absolute Gasteiger partial charge is 0.126 e. The van der Waals surface area contributed by atoms with Crippen LogP contribution in [0.4, 0.5) is 0 Å². The molecule has 2 fully saturated rings. The standard InChI is InChI=1S/C16H21NO2/c1-11-8-16(10-17(11)12-6-7-12)9-14(18)13-4-2-3-5-15(13)19-16/h2-5,11-12,14,18H,6-10H2,1H3. The first-order chi connectivity index (χ1) is 9.17. The quantitative estimate of drug-likeness (QED) is 0.841. The summed E-state index contributed by atoms with van der Waals surface area (Å²) in [4.78, 5) is 2.58. The molecule has 1 spiro atoms. The maximum atomic E-state index is 10.4. The molecular formula is C16H21NO2. The van der Waals surface area contributed by atoms with Crippen molar-refractivity contribution in [2.24, 2.45) is 0 Å². The lowest BCUT2D eigenvalue weighted by Crippen LogP contribution is -2.44. The highest BCUT2D eigenvalue weighted by Gasteiger charge is 2.51. The molecule has 2 aliphatic heterocycles. The Morgan fingerprint density at radius 1 is 1.26 bits per heavy atom. The number of rotatable bonds is 1. The number of nitrogens with zero attached hydrogens (tertiary/aromatic N) is 1. The van der Waals surface area contributed by atoms with E-state index >= 15 is 0 Å². The van der Waals surface area contributed by atoms with Crippen LogP contribution in [0.1, 0.15) is 44.3 Å². The zero-order chi connectivity index (χ0) is 13.0. The van der Waals surface area contributed by atoms with E-state index in [1.54, 1.807) is 0 Å². The van der Waals surface area contributed by atoms with E-state index in [-0.39, 0.29) is 11.7 Å². The summed E-state index contributed by atoms with van der Waals surface area (Å²) in [6, 6.07) is 9.27. The molecule has 3 aliphatic rings. The lowest BCUT2D eigenvalue weighted by Gasteiger charge is -2.38. The molecule has 1 aliphatic carbocycles. The molecule has 3 heteroatoms. The summed E-state index contributed by atoms with van der Waals surface area (Å²) >= 11 is 0. The fourth-order valence-electron chi connectivity index (χ4n) is 3.91. The van der Waals surface area contributed by atoms with Crippen molar-refractivity contribution in [3.63, 3.8) is 0 Å². The van der Waals surface area contributed by atoms with E-state index in [1.165, 1.54) is 12.8 Å². The molecule has 1 aromatic carbocycles. The van der Waals surface area contributed by atoms with Crippen molar-refractivity contribution in [3.05, 3.63) is 29.8 Å². The van der Waals surface area contributed by atoms with Gasteiger partial charge in [-0.05, 0) is 25.8 Å². The second-order valence-electron chi connectivity index (χ2n) is 6.50. The molecule has 3 nitrogen and oxygen atoms in total. The lowest BCUT2D eigenvalue weighted by molar-refractivity contribution is -0.00773. The Labute approximate surface area is 114 Å². The number of aliphatic hydroxyl groups excluding tert-OH is 1. The van der Waals surface area contributed by atoms with Gasteiger partial charge in [0, 0.05) is 37.0 Å². The topological polar surface area (TPSA) is 32.7 Å². The van der Waals surface area contributed by atoms with Crippen molar-refractivity contribution in [2.45, 2.75) is 56.4 Å². The van der Waals surface area contributed by atoms with Gasteiger partial charge in [-0.2, -0.15) is 0 Å². The van der Waals surface area contributed by atoms with Crippen molar-refractivity contribution in [2.75, 3.05) is 6.54 Å². The number of aliphatic hydroxyl groups is 1. The summed E-state index contributed by atoms with van der Waals surface area (Å²) < 4.78 is 6.33. The van der Waals surface area contributed by atoms with Gasteiger partial charge in [0.2, 0.25) is 0 Å². The second-order valence-corrected chi connectivity index (χ2v) is 6.50. The number of ether oxygens (including phenoxy) is 1. The molecule has 0 bridgehead atoms. The Balaban J connectivity index is 1.64. The average Bonchev–Trinajstić information content (AvgIpc) is 3.16. The Hall–Kier alpha value is -1.06. The minimum absolute atomic E-state index is 0.171. The van der Waals surface area contributed by atoms with E-state index in [0.717, 1.165) is 36.7 Å². The highest BCUT2D eigenvalue weighted by molar-refractivity contribution is 5.38. The molecule has 3 unspecified atom stereocenters. The van der Waals surface area contributed by atoms with Crippen LogP contribution in [-0.2, 0) is 0 Å². The van der Waals surface area contributed by atoms with Gasteiger partial charge in [-0.25, -0.2) is 0 Å². The SMILES string of the molecule is CC1CC2(CC(O)c3ccccc3O2)CN1C1CC1. The van der Waals surface area contributed by atoms with Gasteiger partial charge in [-0.15, -0.1) is 0 Å². The molecule has 1 saturated heterocycles. The van der Waals surface area contributed by atoms with Gasteiger partial charge in [0.15, 0.2) is 0 Å². The Bertz CT molecular complexity index is 499. The second kappa shape index (κ2) is 3.97. The number of benzene rings is 1. The molecule has 4 rings (SSSR count). The van der Waals surface area contributed by atoms with Crippen LogP contribution in [0, 0.1) is 0 Å². The number of para-hydroxylation sites is 1. The third-order valence-electron chi connectivity index (χ3n) is 4.89. The molecule has 3 atom stereocenters. The Morgan fingerprint density at radius 2 is 2.05 bits per heavy atom. The fraction of sp³-hybridized carbons (Fsp3) is 0.625. The van der Waals surface area contributed by atoms with Crippen molar-refractivity contribution in [3.8, 4) is 5.75 Å². The Morgan fingerprint density at radius 3 is 2.84 bits per heavy atom. The lowest BCUT2D eigenvalue weighted by atomic mass is 9.87. The first-order valence-electron chi connectivity index (χ1n) is 7.39. The summed E-state index contributed by atoms with van der Waals surface area (Å²) in [7, 11) is 0. The summed E-state index contributed by atoms with van der Waals surface area (Å²) in [6.07, 6.45) is 4.06. The van der Waals surface area contributed by atoms with E-state index in [0.29, 0.717) is 6.04 Å². The zero-order valence-electron chi connectivity index (χ0n) is 11.4. The first-order valence-corrected chi connectivity index (χ1v) is 7.39.